The summed E-state index contributed by atoms with van der Waals surface area (Å²) in [6.45, 7) is 1.88. The first-order valence-electron chi connectivity index (χ1n) is 7.12. The molecule has 0 unspecified atom stereocenters. The quantitative estimate of drug-likeness (QED) is 0.753. The highest BCUT2D eigenvalue weighted by molar-refractivity contribution is 5.83. The van der Waals surface area contributed by atoms with E-state index in [1.807, 2.05) is 37.3 Å². The Balaban J connectivity index is 2.07. The van der Waals surface area contributed by atoms with Crippen molar-refractivity contribution in [2.24, 2.45) is 5.73 Å². The molecule has 0 fully saturated rings. The lowest BCUT2D eigenvalue weighted by atomic mass is 10.00. The number of benzene rings is 2. The zero-order valence-corrected chi connectivity index (χ0v) is 12.5. The van der Waals surface area contributed by atoms with E-state index in [2.05, 4.69) is 0 Å². The molecule has 1 aromatic heterocycles. The Kier molecular flexibility index (Phi) is 3.85. The summed E-state index contributed by atoms with van der Waals surface area (Å²) in [5.74, 6) is 0.239. The van der Waals surface area contributed by atoms with E-state index in [4.69, 9.17) is 14.9 Å². The van der Waals surface area contributed by atoms with Gasteiger partial charge in [-0.1, -0.05) is 30.3 Å². The van der Waals surface area contributed by atoms with Crippen molar-refractivity contribution in [1.82, 2.24) is 0 Å². The Morgan fingerprint density at radius 2 is 1.91 bits per heavy atom. The van der Waals surface area contributed by atoms with Crippen molar-refractivity contribution in [2.75, 3.05) is 0 Å². The molecule has 5 nitrogen and oxygen atoms in total. The minimum absolute atomic E-state index is 0.239. The zero-order valence-electron chi connectivity index (χ0n) is 12.5. The van der Waals surface area contributed by atoms with Crippen LogP contribution in [0.2, 0.25) is 0 Å². The lowest BCUT2D eigenvalue weighted by Gasteiger charge is -2.09. The smallest absolute Gasteiger partial charge is 0.409 e. The molecule has 1 heterocycles. The molecule has 0 spiro atoms. The van der Waals surface area contributed by atoms with Crippen molar-refractivity contribution >= 4 is 17.1 Å². The van der Waals surface area contributed by atoms with Crippen LogP contribution in [0.3, 0.4) is 0 Å². The minimum atomic E-state index is -0.913. The van der Waals surface area contributed by atoms with Gasteiger partial charge in [0.2, 0.25) is 0 Å². The molecule has 0 saturated heterocycles. The highest BCUT2D eigenvalue weighted by Crippen LogP contribution is 2.25. The van der Waals surface area contributed by atoms with Crippen LogP contribution in [0.25, 0.3) is 11.0 Å². The molecule has 5 heteroatoms. The van der Waals surface area contributed by atoms with Gasteiger partial charge in [-0.3, -0.25) is 0 Å². The first-order chi connectivity index (χ1) is 11.0. The van der Waals surface area contributed by atoms with Gasteiger partial charge in [0.05, 0.1) is 0 Å². The number of amides is 1. The highest BCUT2D eigenvalue weighted by Gasteiger charge is 2.13. The highest BCUT2D eigenvalue weighted by atomic mass is 16.5. The second kappa shape index (κ2) is 5.96. The molecule has 0 bridgehead atoms. The lowest BCUT2D eigenvalue weighted by Crippen LogP contribution is -2.16. The monoisotopic (exact) mass is 309 g/mol. The average Bonchev–Trinajstić information content (AvgIpc) is 2.51. The van der Waals surface area contributed by atoms with E-state index >= 15 is 0 Å². The van der Waals surface area contributed by atoms with E-state index in [9.17, 15) is 9.59 Å². The standard InChI is InChI=1S/C18H15NO4/c1-11-14-8-7-13(22-18(19)21)10-16(14)23-17(20)15(11)9-12-5-3-2-4-6-12/h2-8,10H,9H2,1H3,(H2,19,21). The van der Waals surface area contributed by atoms with Crippen molar-refractivity contribution in [3.63, 3.8) is 0 Å². The summed E-state index contributed by atoms with van der Waals surface area (Å²) in [5, 5.41) is 0.798. The largest absolute Gasteiger partial charge is 0.422 e. The molecule has 116 valence electrons. The Morgan fingerprint density at radius 1 is 1.17 bits per heavy atom. The van der Waals surface area contributed by atoms with Gasteiger partial charge >= 0.3 is 11.7 Å². The van der Waals surface area contributed by atoms with Gasteiger partial charge in [0, 0.05) is 23.4 Å². The third-order valence-corrected chi connectivity index (χ3v) is 3.70. The molecule has 0 saturated carbocycles. The predicted molar refractivity (Wildman–Crippen MR) is 86.7 cm³/mol. The Morgan fingerprint density at radius 3 is 2.61 bits per heavy atom. The van der Waals surface area contributed by atoms with E-state index in [-0.39, 0.29) is 5.75 Å². The molecular formula is C18H15NO4. The third kappa shape index (κ3) is 3.08. The summed E-state index contributed by atoms with van der Waals surface area (Å²) in [6.07, 6.45) is -0.408. The van der Waals surface area contributed by atoms with Crippen molar-refractivity contribution in [3.05, 3.63) is 75.6 Å². The fourth-order valence-corrected chi connectivity index (χ4v) is 2.56. The summed E-state index contributed by atoms with van der Waals surface area (Å²) < 4.78 is 10.2. The first kappa shape index (κ1) is 14.8. The fourth-order valence-electron chi connectivity index (χ4n) is 2.56. The van der Waals surface area contributed by atoms with Gasteiger partial charge < -0.3 is 14.9 Å². The summed E-state index contributed by atoms with van der Waals surface area (Å²) >= 11 is 0. The number of rotatable bonds is 3. The molecule has 0 aliphatic carbocycles. The van der Waals surface area contributed by atoms with E-state index in [0.29, 0.717) is 17.6 Å². The topological polar surface area (TPSA) is 82.5 Å². The number of ether oxygens (including phenoxy) is 1. The first-order valence-corrected chi connectivity index (χ1v) is 7.12. The van der Waals surface area contributed by atoms with Crippen LogP contribution in [0.15, 0.2) is 57.7 Å². The van der Waals surface area contributed by atoms with Crippen LogP contribution in [0.4, 0.5) is 4.79 Å². The van der Waals surface area contributed by atoms with Crippen molar-refractivity contribution in [3.8, 4) is 5.75 Å². The molecule has 23 heavy (non-hydrogen) atoms. The molecule has 2 aromatic carbocycles. The maximum absolute atomic E-state index is 12.3. The van der Waals surface area contributed by atoms with Crippen LogP contribution in [-0.2, 0) is 6.42 Å². The fraction of sp³-hybridized carbons (Fsp3) is 0.111. The number of carbonyl (C=O) groups is 1. The molecule has 0 radical (unpaired) electrons. The van der Waals surface area contributed by atoms with E-state index in [0.717, 1.165) is 16.5 Å². The van der Waals surface area contributed by atoms with Gasteiger partial charge in [-0.2, -0.15) is 0 Å². The Bertz CT molecular complexity index is 929. The maximum atomic E-state index is 12.3. The van der Waals surface area contributed by atoms with Crippen LogP contribution in [0, 0.1) is 6.92 Å². The summed E-state index contributed by atoms with van der Waals surface area (Å²) in [7, 11) is 0. The van der Waals surface area contributed by atoms with Crippen molar-refractivity contribution in [1.29, 1.82) is 0 Å². The van der Waals surface area contributed by atoms with Gasteiger partial charge in [0.15, 0.2) is 0 Å². The van der Waals surface area contributed by atoms with Crippen molar-refractivity contribution < 1.29 is 13.9 Å². The lowest BCUT2D eigenvalue weighted by molar-refractivity contribution is 0.211. The van der Waals surface area contributed by atoms with E-state index in [1.54, 1.807) is 12.1 Å². The van der Waals surface area contributed by atoms with E-state index in [1.165, 1.54) is 6.07 Å². The van der Waals surface area contributed by atoms with Gasteiger partial charge in [0.25, 0.3) is 0 Å². The zero-order chi connectivity index (χ0) is 16.4. The van der Waals surface area contributed by atoms with Gasteiger partial charge in [-0.05, 0) is 30.2 Å². The van der Waals surface area contributed by atoms with E-state index < -0.39 is 11.7 Å². The van der Waals surface area contributed by atoms with Crippen LogP contribution < -0.4 is 16.1 Å². The van der Waals surface area contributed by atoms with Crippen LogP contribution in [0.1, 0.15) is 16.7 Å². The minimum Gasteiger partial charge on any atom is -0.422 e. The number of hydrogen-bond donors (Lipinski definition) is 1. The van der Waals surface area contributed by atoms with Crippen molar-refractivity contribution in [2.45, 2.75) is 13.3 Å². The second-order valence-corrected chi connectivity index (χ2v) is 5.23. The Hall–Kier alpha value is -3.08. The number of fused-ring (bicyclic) bond motifs is 1. The molecule has 3 aromatic rings. The predicted octanol–water partition coefficient (Wildman–Crippen LogP) is 3.15. The molecule has 2 N–H and O–H groups in total. The van der Waals surface area contributed by atoms with Gasteiger partial charge in [-0.25, -0.2) is 9.59 Å². The Labute approximate surface area is 132 Å². The molecular weight excluding hydrogens is 294 g/mol. The number of carbonyl (C=O) groups excluding carboxylic acids is 1. The van der Waals surface area contributed by atoms with Crippen LogP contribution in [-0.4, -0.2) is 6.09 Å². The molecule has 0 aliphatic rings. The average molecular weight is 309 g/mol. The third-order valence-electron chi connectivity index (χ3n) is 3.70. The van der Waals surface area contributed by atoms with Crippen LogP contribution >= 0.6 is 0 Å². The molecule has 0 aliphatic heterocycles. The maximum Gasteiger partial charge on any atom is 0.409 e. The molecule has 3 rings (SSSR count). The molecule has 1 amide bonds. The number of primary amides is 1. The summed E-state index contributed by atoms with van der Waals surface area (Å²) in [6, 6.07) is 14.6. The van der Waals surface area contributed by atoms with Gasteiger partial charge in [0.1, 0.15) is 11.3 Å². The summed E-state index contributed by atoms with van der Waals surface area (Å²) in [4.78, 5) is 23.1. The normalized spacial score (nSPS) is 10.7. The number of hydrogen-bond acceptors (Lipinski definition) is 4. The number of nitrogens with two attached hydrogens (primary N) is 1. The molecule has 0 atom stereocenters. The van der Waals surface area contributed by atoms with Gasteiger partial charge in [-0.15, -0.1) is 0 Å². The second-order valence-electron chi connectivity index (χ2n) is 5.23. The van der Waals surface area contributed by atoms with Crippen LogP contribution in [0.5, 0.6) is 5.75 Å². The SMILES string of the molecule is Cc1c(Cc2ccccc2)c(=O)oc2cc(OC(N)=O)ccc12. The number of aryl methyl sites for hydroxylation is 1. The summed E-state index contributed by atoms with van der Waals surface area (Å²) in [5.41, 5.74) is 7.46.